The summed E-state index contributed by atoms with van der Waals surface area (Å²) in [5.41, 5.74) is 0.0681. The van der Waals surface area contributed by atoms with Crippen LogP contribution in [-0.2, 0) is 9.59 Å². The highest BCUT2D eigenvalue weighted by molar-refractivity contribution is 5.82. The molecule has 0 aromatic rings. The zero-order chi connectivity index (χ0) is 12.1. The van der Waals surface area contributed by atoms with Gasteiger partial charge < -0.3 is 10.4 Å². The zero-order valence-corrected chi connectivity index (χ0v) is 9.96. The summed E-state index contributed by atoms with van der Waals surface area (Å²) in [6.07, 6.45) is 0.860. The number of amides is 1. The van der Waals surface area contributed by atoms with Gasteiger partial charge in [0, 0.05) is 12.5 Å². The van der Waals surface area contributed by atoms with Gasteiger partial charge in [-0.15, -0.1) is 0 Å². The van der Waals surface area contributed by atoms with Crippen molar-refractivity contribution in [2.45, 2.75) is 40.5 Å². The predicted octanol–water partition coefficient (Wildman–Crippen LogP) is 1.65. The highest BCUT2D eigenvalue weighted by Crippen LogP contribution is 2.18. The first-order valence-corrected chi connectivity index (χ1v) is 5.28. The molecule has 1 atom stereocenters. The van der Waals surface area contributed by atoms with Gasteiger partial charge in [-0.25, -0.2) is 0 Å². The summed E-state index contributed by atoms with van der Waals surface area (Å²) in [6.45, 7) is 8.41. The molecular weight excluding hydrogens is 194 g/mol. The summed E-state index contributed by atoms with van der Waals surface area (Å²) in [5, 5.41) is 11.3. The Labute approximate surface area is 91.1 Å². The Morgan fingerprint density at radius 3 is 2.33 bits per heavy atom. The van der Waals surface area contributed by atoms with Gasteiger partial charge in [-0.05, 0) is 11.8 Å². The minimum absolute atomic E-state index is 0.0681. The summed E-state index contributed by atoms with van der Waals surface area (Å²) >= 11 is 0. The molecule has 0 rings (SSSR count). The molecule has 0 heterocycles. The van der Waals surface area contributed by atoms with Gasteiger partial charge in [-0.2, -0.15) is 0 Å². The van der Waals surface area contributed by atoms with Gasteiger partial charge in [0.2, 0.25) is 5.91 Å². The van der Waals surface area contributed by atoms with E-state index in [1.165, 1.54) is 0 Å². The number of carboxylic acid groups (broad SMARTS) is 1. The molecule has 15 heavy (non-hydrogen) atoms. The molecule has 0 bridgehead atoms. The second-order valence-electron chi connectivity index (χ2n) is 4.73. The normalized spacial score (nSPS) is 13.3. The van der Waals surface area contributed by atoms with E-state index in [-0.39, 0.29) is 17.7 Å². The largest absolute Gasteiger partial charge is 0.481 e. The molecular formula is C11H21NO3. The third-order valence-corrected chi connectivity index (χ3v) is 2.63. The lowest BCUT2D eigenvalue weighted by Gasteiger charge is -2.23. The Balaban J connectivity index is 3.98. The monoisotopic (exact) mass is 215 g/mol. The third kappa shape index (κ3) is 6.10. The van der Waals surface area contributed by atoms with Crippen LogP contribution in [0.5, 0.6) is 0 Å². The van der Waals surface area contributed by atoms with E-state index in [4.69, 9.17) is 5.11 Å². The molecule has 1 amide bonds. The maximum Gasteiger partial charge on any atom is 0.304 e. The Morgan fingerprint density at radius 2 is 1.93 bits per heavy atom. The molecule has 1 unspecified atom stereocenters. The molecule has 0 fully saturated rings. The van der Waals surface area contributed by atoms with Crippen molar-refractivity contribution in [3.8, 4) is 0 Å². The summed E-state index contributed by atoms with van der Waals surface area (Å²) < 4.78 is 0. The van der Waals surface area contributed by atoms with Crippen molar-refractivity contribution in [1.29, 1.82) is 0 Å². The Morgan fingerprint density at radius 1 is 1.40 bits per heavy atom. The number of carbonyl (C=O) groups is 2. The number of hydrogen-bond acceptors (Lipinski definition) is 2. The number of hydrogen-bond donors (Lipinski definition) is 2. The van der Waals surface area contributed by atoms with Gasteiger partial charge in [0.05, 0.1) is 6.42 Å². The SMILES string of the molecule is CCC(C)(C)CNC(=O)C(C)CC(=O)O. The fraction of sp³-hybridized carbons (Fsp3) is 0.818. The molecule has 0 aliphatic rings. The second-order valence-corrected chi connectivity index (χ2v) is 4.73. The van der Waals surface area contributed by atoms with Crippen LogP contribution < -0.4 is 5.32 Å². The van der Waals surface area contributed by atoms with E-state index in [1.807, 2.05) is 0 Å². The Hall–Kier alpha value is -1.06. The maximum absolute atomic E-state index is 11.5. The first kappa shape index (κ1) is 13.9. The lowest BCUT2D eigenvalue weighted by atomic mass is 9.90. The number of carbonyl (C=O) groups excluding carboxylic acids is 1. The number of nitrogens with one attached hydrogen (secondary N) is 1. The van der Waals surface area contributed by atoms with Crippen LogP contribution in [-0.4, -0.2) is 23.5 Å². The van der Waals surface area contributed by atoms with E-state index >= 15 is 0 Å². The molecule has 4 heteroatoms. The number of rotatable bonds is 6. The standard InChI is InChI=1S/C11H21NO3/c1-5-11(3,4)7-12-10(15)8(2)6-9(13)14/h8H,5-7H2,1-4H3,(H,12,15)(H,13,14). The predicted molar refractivity (Wildman–Crippen MR) is 58.5 cm³/mol. The Kier molecular flexibility index (Phi) is 5.33. The fourth-order valence-electron chi connectivity index (χ4n) is 0.980. The highest BCUT2D eigenvalue weighted by atomic mass is 16.4. The van der Waals surface area contributed by atoms with Gasteiger partial charge in [-0.1, -0.05) is 27.7 Å². The quantitative estimate of drug-likeness (QED) is 0.708. The molecule has 0 aliphatic carbocycles. The average molecular weight is 215 g/mol. The second kappa shape index (κ2) is 5.73. The molecule has 4 nitrogen and oxygen atoms in total. The maximum atomic E-state index is 11.5. The van der Waals surface area contributed by atoms with Crippen molar-refractivity contribution in [1.82, 2.24) is 5.32 Å². The fourth-order valence-corrected chi connectivity index (χ4v) is 0.980. The minimum atomic E-state index is -0.938. The van der Waals surface area contributed by atoms with Crippen LogP contribution in [0.25, 0.3) is 0 Å². The molecule has 0 aliphatic heterocycles. The van der Waals surface area contributed by atoms with Gasteiger partial charge >= 0.3 is 5.97 Å². The first-order valence-electron chi connectivity index (χ1n) is 5.28. The van der Waals surface area contributed by atoms with Crippen molar-refractivity contribution in [3.05, 3.63) is 0 Å². The van der Waals surface area contributed by atoms with Crippen LogP contribution in [0.2, 0.25) is 0 Å². The van der Waals surface area contributed by atoms with Crippen molar-refractivity contribution < 1.29 is 14.7 Å². The topological polar surface area (TPSA) is 66.4 Å². The summed E-state index contributed by atoms with van der Waals surface area (Å²) in [7, 11) is 0. The number of carboxylic acids is 1. The first-order chi connectivity index (χ1) is 6.78. The third-order valence-electron chi connectivity index (χ3n) is 2.63. The van der Waals surface area contributed by atoms with E-state index in [0.29, 0.717) is 6.54 Å². The van der Waals surface area contributed by atoms with Crippen LogP contribution in [0.15, 0.2) is 0 Å². The van der Waals surface area contributed by atoms with Gasteiger partial charge in [0.25, 0.3) is 0 Å². The van der Waals surface area contributed by atoms with Crippen molar-refractivity contribution in [3.63, 3.8) is 0 Å². The Bertz CT molecular complexity index is 236. The van der Waals surface area contributed by atoms with Crippen molar-refractivity contribution >= 4 is 11.9 Å². The van der Waals surface area contributed by atoms with Crippen LogP contribution in [0.3, 0.4) is 0 Å². The zero-order valence-electron chi connectivity index (χ0n) is 9.96. The minimum Gasteiger partial charge on any atom is -0.481 e. The number of aliphatic carboxylic acids is 1. The van der Waals surface area contributed by atoms with Crippen LogP contribution >= 0.6 is 0 Å². The molecule has 2 N–H and O–H groups in total. The van der Waals surface area contributed by atoms with Crippen LogP contribution in [0.1, 0.15) is 40.5 Å². The van der Waals surface area contributed by atoms with E-state index < -0.39 is 11.9 Å². The molecule has 0 saturated heterocycles. The molecule has 0 saturated carbocycles. The summed E-state index contributed by atoms with van der Waals surface area (Å²) in [4.78, 5) is 21.9. The smallest absolute Gasteiger partial charge is 0.304 e. The average Bonchev–Trinajstić information content (AvgIpc) is 2.13. The van der Waals surface area contributed by atoms with E-state index in [1.54, 1.807) is 6.92 Å². The summed E-state index contributed by atoms with van der Waals surface area (Å²) in [5.74, 6) is -1.58. The van der Waals surface area contributed by atoms with Crippen molar-refractivity contribution in [2.24, 2.45) is 11.3 Å². The summed E-state index contributed by atoms with van der Waals surface area (Å²) in [6, 6.07) is 0. The van der Waals surface area contributed by atoms with Gasteiger partial charge in [0.15, 0.2) is 0 Å². The van der Waals surface area contributed by atoms with Crippen LogP contribution in [0, 0.1) is 11.3 Å². The lowest BCUT2D eigenvalue weighted by Crippen LogP contribution is -2.37. The molecule has 88 valence electrons. The molecule has 0 aromatic heterocycles. The molecule has 0 aromatic carbocycles. The van der Waals surface area contributed by atoms with E-state index in [2.05, 4.69) is 26.1 Å². The highest BCUT2D eigenvalue weighted by Gasteiger charge is 2.20. The van der Waals surface area contributed by atoms with E-state index in [9.17, 15) is 9.59 Å². The van der Waals surface area contributed by atoms with Crippen LogP contribution in [0.4, 0.5) is 0 Å². The lowest BCUT2D eigenvalue weighted by molar-refractivity contribution is -0.140. The molecule has 0 radical (unpaired) electrons. The van der Waals surface area contributed by atoms with Gasteiger partial charge in [-0.3, -0.25) is 9.59 Å². The van der Waals surface area contributed by atoms with E-state index in [0.717, 1.165) is 6.42 Å². The van der Waals surface area contributed by atoms with Gasteiger partial charge in [0.1, 0.15) is 0 Å². The van der Waals surface area contributed by atoms with Crippen molar-refractivity contribution in [2.75, 3.05) is 6.54 Å². The molecule has 0 spiro atoms.